The highest BCUT2D eigenvalue weighted by Gasteiger charge is 2.22. The van der Waals surface area contributed by atoms with Crippen molar-refractivity contribution >= 4 is 0 Å². The molecule has 1 fully saturated rings. The first-order chi connectivity index (χ1) is 9.38. The molecule has 1 N–H and O–H groups in total. The number of nitrogens with one attached hydrogen (secondary N) is 1. The molecule has 104 valence electrons. The van der Waals surface area contributed by atoms with E-state index in [1.165, 1.54) is 24.0 Å². The van der Waals surface area contributed by atoms with Crippen molar-refractivity contribution in [1.29, 1.82) is 0 Å². The number of ether oxygens (including phenoxy) is 2. The van der Waals surface area contributed by atoms with E-state index in [9.17, 15) is 0 Å². The molecule has 2 unspecified atom stereocenters. The van der Waals surface area contributed by atoms with Crippen molar-refractivity contribution < 1.29 is 9.47 Å². The van der Waals surface area contributed by atoms with Crippen LogP contribution < -0.4 is 10.1 Å². The Morgan fingerprint density at radius 2 is 2.32 bits per heavy atom. The first kappa shape index (κ1) is 12.9. The van der Waals surface area contributed by atoms with Gasteiger partial charge in [0.2, 0.25) is 0 Å². The van der Waals surface area contributed by atoms with Crippen molar-refractivity contribution in [3.8, 4) is 5.75 Å². The van der Waals surface area contributed by atoms with Crippen molar-refractivity contribution in [3.63, 3.8) is 0 Å². The van der Waals surface area contributed by atoms with Gasteiger partial charge in [0.25, 0.3) is 0 Å². The van der Waals surface area contributed by atoms with Gasteiger partial charge in [-0.05, 0) is 49.9 Å². The zero-order valence-electron chi connectivity index (χ0n) is 11.7. The summed E-state index contributed by atoms with van der Waals surface area (Å²) in [6.45, 7) is 2.54. The fraction of sp³-hybridized carbons (Fsp3) is 0.625. The zero-order chi connectivity index (χ0) is 13.1. The number of rotatable bonds is 4. The van der Waals surface area contributed by atoms with Crippen LogP contribution in [0, 0.1) is 5.92 Å². The van der Waals surface area contributed by atoms with Gasteiger partial charge in [-0.3, -0.25) is 0 Å². The van der Waals surface area contributed by atoms with Crippen molar-refractivity contribution in [2.75, 3.05) is 26.9 Å². The quantitative estimate of drug-likeness (QED) is 0.904. The minimum Gasteiger partial charge on any atom is -0.493 e. The monoisotopic (exact) mass is 261 g/mol. The highest BCUT2D eigenvalue weighted by atomic mass is 16.5. The Morgan fingerprint density at radius 1 is 1.37 bits per heavy atom. The van der Waals surface area contributed by atoms with Crippen molar-refractivity contribution in [2.45, 2.75) is 31.7 Å². The Morgan fingerprint density at radius 3 is 3.11 bits per heavy atom. The predicted octanol–water partition coefficient (Wildman–Crippen LogP) is 2.70. The molecule has 1 aromatic rings. The van der Waals surface area contributed by atoms with Crippen molar-refractivity contribution in [3.05, 3.63) is 29.3 Å². The topological polar surface area (TPSA) is 30.5 Å². The van der Waals surface area contributed by atoms with Gasteiger partial charge in [0, 0.05) is 18.6 Å². The molecule has 0 radical (unpaired) electrons. The first-order valence-corrected chi connectivity index (χ1v) is 7.38. The van der Waals surface area contributed by atoms with E-state index in [2.05, 4.69) is 23.5 Å². The van der Waals surface area contributed by atoms with Gasteiger partial charge in [0.15, 0.2) is 0 Å². The van der Waals surface area contributed by atoms with E-state index < -0.39 is 0 Å². The molecule has 0 bridgehead atoms. The fourth-order valence-electron chi connectivity index (χ4n) is 3.17. The van der Waals surface area contributed by atoms with Crippen molar-refractivity contribution in [2.24, 2.45) is 5.92 Å². The Kier molecular flexibility index (Phi) is 4.04. The first-order valence-electron chi connectivity index (χ1n) is 7.38. The van der Waals surface area contributed by atoms with Crippen LogP contribution in [-0.4, -0.2) is 26.9 Å². The molecule has 0 aromatic heterocycles. The van der Waals surface area contributed by atoms with Gasteiger partial charge in [0.1, 0.15) is 5.75 Å². The zero-order valence-corrected chi connectivity index (χ0v) is 11.7. The van der Waals surface area contributed by atoms with Gasteiger partial charge in [0.05, 0.1) is 13.2 Å². The van der Waals surface area contributed by atoms with Crippen LogP contribution in [0.1, 0.15) is 36.4 Å². The third-order valence-corrected chi connectivity index (χ3v) is 4.31. The number of hydrogen-bond acceptors (Lipinski definition) is 3. The van der Waals surface area contributed by atoms with Crippen LogP contribution in [0.5, 0.6) is 5.75 Å². The molecule has 0 saturated carbocycles. The summed E-state index contributed by atoms with van der Waals surface area (Å²) in [6.07, 6.45) is 4.74. The molecule has 3 heteroatoms. The maximum absolute atomic E-state index is 6.07. The average Bonchev–Trinajstić information content (AvgIpc) is 2.97. The molecule has 2 atom stereocenters. The second-order valence-electron chi connectivity index (χ2n) is 5.60. The second-order valence-corrected chi connectivity index (χ2v) is 5.60. The summed E-state index contributed by atoms with van der Waals surface area (Å²) in [5, 5.41) is 3.41. The largest absolute Gasteiger partial charge is 0.493 e. The third kappa shape index (κ3) is 2.77. The normalized spacial score (nSPS) is 26.2. The summed E-state index contributed by atoms with van der Waals surface area (Å²) in [5.74, 6) is 1.66. The molecule has 19 heavy (non-hydrogen) atoms. The molecule has 0 amide bonds. The number of hydrogen-bond donors (Lipinski definition) is 1. The third-order valence-electron chi connectivity index (χ3n) is 4.31. The van der Waals surface area contributed by atoms with Crippen LogP contribution in [0.15, 0.2) is 18.2 Å². The molecule has 2 aliphatic rings. The Labute approximate surface area is 115 Å². The molecule has 0 spiro atoms. The van der Waals surface area contributed by atoms with Crippen LogP contribution in [0.25, 0.3) is 0 Å². The molecule has 1 heterocycles. The van der Waals surface area contributed by atoms with Gasteiger partial charge < -0.3 is 14.8 Å². The summed E-state index contributed by atoms with van der Waals surface area (Å²) in [4.78, 5) is 0. The highest BCUT2D eigenvalue weighted by molar-refractivity contribution is 5.43. The van der Waals surface area contributed by atoms with Gasteiger partial charge in [-0.15, -0.1) is 0 Å². The standard InChI is InChI=1S/C16H23NO2/c1-17-15-6-2-5-14-13(15)4-3-7-16(14)19-11-12-8-9-18-10-12/h3-4,7,12,15,17H,2,5-6,8-11H2,1H3. The molecule has 3 nitrogen and oxygen atoms in total. The van der Waals surface area contributed by atoms with E-state index in [1.807, 2.05) is 7.05 Å². The minimum absolute atomic E-state index is 0.488. The van der Waals surface area contributed by atoms with Crippen LogP contribution in [-0.2, 0) is 11.2 Å². The lowest BCUT2D eigenvalue weighted by Crippen LogP contribution is -2.22. The number of fused-ring (bicyclic) bond motifs is 1. The van der Waals surface area contributed by atoms with Crippen LogP contribution in [0.2, 0.25) is 0 Å². The maximum Gasteiger partial charge on any atom is 0.122 e. The molecular formula is C16H23NO2. The van der Waals surface area contributed by atoms with Gasteiger partial charge in [-0.1, -0.05) is 12.1 Å². The molecule has 3 rings (SSSR count). The summed E-state index contributed by atoms with van der Waals surface area (Å²) in [6, 6.07) is 6.96. The summed E-state index contributed by atoms with van der Waals surface area (Å²) >= 11 is 0. The molecule has 1 aliphatic carbocycles. The van der Waals surface area contributed by atoms with Gasteiger partial charge in [-0.25, -0.2) is 0 Å². The Balaban J connectivity index is 1.74. The van der Waals surface area contributed by atoms with Gasteiger partial charge >= 0.3 is 0 Å². The van der Waals surface area contributed by atoms with Crippen LogP contribution in [0.4, 0.5) is 0 Å². The van der Waals surface area contributed by atoms with E-state index in [1.54, 1.807) is 0 Å². The predicted molar refractivity (Wildman–Crippen MR) is 75.6 cm³/mol. The van der Waals surface area contributed by atoms with E-state index >= 15 is 0 Å². The van der Waals surface area contributed by atoms with Crippen LogP contribution >= 0.6 is 0 Å². The lowest BCUT2D eigenvalue weighted by Gasteiger charge is -2.27. The van der Waals surface area contributed by atoms with E-state index in [-0.39, 0.29) is 0 Å². The summed E-state index contributed by atoms with van der Waals surface area (Å²) in [5.41, 5.74) is 2.83. The van der Waals surface area contributed by atoms with E-state index in [4.69, 9.17) is 9.47 Å². The van der Waals surface area contributed by atoms with E-state index in [0.29, 0.717) is 12.0 Å². The second kappa shape index (κ2) is 5.93. The Hall–Kier alpha value is -1.06. The van der Waals surface area contributed by atoms with Gasteiger partial charge in [-0.2, -0.15) is 0 Å². The summed E-state index contributed by atoms with van der Waals surface area (Å²) < 4.78 is 11.5. The molecule has 1 aliphatic heterocycles. The highest BCUT2D eigenvalue weighted by Crippen LogP contribution is 2.35. The fourth-order valence-corrected chi connectivity index (χ4v) is 3.17. The molecular weight excluding hydrogens is 238 g/mol. The Bertz CT molecular complexity index is 427. The number of benzene rings is 1. The summed E-state index contributed by atoms with van der Waals surface area (Å²) in [7, 11) is 2.04. The molecule has 1 saturated heterocycles. The average molecular weight is 261 g/mol. The lowest BCUT2D eigenvalue weighted by atomic mass is 9.87. The van der Waals surface area contributed by atoms with E-state index in [0.717, 1.165) is 38.4 Å². The molecule has 1 aromatic carbocycles. The van der Waals surface area contributed by atoms with Crippen molar-refractivity contribution in [1.82, 2.24) is 5.32 Å². The maximum atomic E-state index is 6.07. The minimum atomic E-state index is 0.488. The smallest absolute Gasteiger partial charge is 0.122 e. The van der Waals surface area contributed by atoms with Crippen LogP contribution in [0.3, 0.4) is 0 Å². The lowest BCUT2D eigenvalue weighted by molar-refractivity contribution is 0.166. The SMILES string of the molecule is CNC1CCCc2c(OCC3CCOC3)cccc21.